The van der Waals surface area contributed by atoms with Crippen molar-refractivity contribution >= 4 is 11.3 Å². The Kier molecular flexibility index (Phi) is 3.75. The van der Waals surface area contributed by atoms with Gasteiger partial charge in [0.25, 0.3) is 0 Å². The molecule has 5 heteroatoms. The van der Waals surface area contributed by atoms with E-state index in [1.807, 2.05) is 26.8 Å². The standard InChI is InChI=1S/C13H16FN3S/c1-7-4-10(6-11(14)5-7)12(17-15)13-8(2)16-9(3)18-13/h4-6,12,17H,15H2,1-3H3. The van der Waals surface area contributed by atoms with Gasteiger partial charge in [-0.1, -0.05) is 6.07 Å². The predicted octanol–water partition coefficient (Wildman–Crippen LogP) is 2.76. The molecule has 18 heavy (non-hydrogen) atoms. The van der Waals surface area contributed by atoms with Crippen LogP contribution in [0.5, 0.6) is 0 Å². The fraction of sp³-hybridized carbons (Fsp3) is 0.308. The molecule has 0 fully saturated rings. The summed E-state index contributed by atoms with van der Waals surface area (Å²) in [6.45, 7) is 5.76. The van der Waals surface area contributed by atoms with Gasteiger partial charge < -0.3 is 0 Å². The quantitative estimate of drug-likeness (QED) is 0.663. The lowest BCUT2D eigenvalue weighted by Crippen LogP contribution is -2.28. The Bertz CT molecular complexity index is 545. The molecule has 0 aliphatic heterocycles. The largest absolute Gasteiger partial charge is 0.271 e. The van der Waals surface area contributed by atoms with E-state index < -0.39 is 0 Å². The monoisotopic (exact) mass is 265 g/mol. The zero-order valence-corrected chi connectivity index (χ0v) is 11.4. The number of rotatable bonds is 3. The minimum absolute atomic E-state index is 0.217. The highest BCUT2D eigenvalue weighted by atomic mass is 32.1. The summed E-state index contributed by atoms with van der Waals surface area (Å²) in [7, 11) is 0. The maximum atomic E-state index is 13.5. The van der Waals surface area contributed by atoms with Crippen molar-refractivity contribution in [3.8, 4) is 0 Å². The van der Waals surface area contributed by atoms with Gasteiger partial charge in [-0.05, 0) is 44.0 Å². The number of nitrogens with one attached hydrogen (secondary N) is 1. The third-order valence-electron chi connectivity index (χ3n) is 2.77. The number of thiazole rings is 1. The molecule has 0 saturated carbocycles. The van der Waals surface area contributed by atoms with Gasteiger partial charge >= 0.3 is 0 Å². The minimum Gasteiger partial charge on any atom is -0.271 e. The highest BCUT2D eigenvalue weighted by molar-refractivity contribution is 7.11. The molecule has 3 nitrogen and oxygen atoms in total. The molecule has 2 aromatic rings. The van der Waals surface area contributed by atoms with Crippen LogP contribution in [0, 0.1) is 26.6 Å². The summed E-state index contributed by atoms with van der Waals surface area (Å²) in [6.07, 6.45) is 0. The number of hydrogen-bond acceptors (Lipinski definition) is 4. The Morgan fingerprint density at radius 2 is 2.00 bits per heavy atom. The molecule has 0 radical (unpaired) electrons. The number of halogens is 1. The van der Waals surface area contributed by atoms with Crippen molar-refractivity contribution in [2.75, 3.05) is 0 Å². The van der Waals surface area contributed by atoms with Crippen molar-refractivity contribution in [3.63, 3.8) is 0 Å². The number of hydrogen-bond donors (Lipinski definition) is 2. The Balaban J connectivity index is 2.48. The molecule has 96 valence electrons. The van der Waals surface area contributed by atoms with E-state index in [4.69, 9.17) is 5.84 Å². The van der Waals surface area contributed by atoms with Crippen molar-refractivity contribution in [1.82, 2.24) is 10.4 Å². The van der Waals surface area contributed by atoms with E-state index in [2.05, 4.69) is 10.4 Å². The van der Waals surface area contributed by atoms with E-state index in [9.17, 15) is 4.39 Å². The van der Waals surface area contributed by atoms with Gasteiger partial charge in [0.2, 0.25) is 0 Å². The predicted molar refractivity (Wildman–Crippen MR) is 71.9 cm³/mol. The summed E-state index contributed by atoms with van der Waals surface area (Å²) < 4.78 is 13.5. The van der Waals surface area contributed by atoms with Gasteiger partial charge in [-0.25, -0.2) is 14.8 Å². The average Bonchev–Trinajstić information content (AvgIpc) is 2.58. The molecule has 1 heterocycles. The first-order chi connectivity index (χ1) is 8.51. The van der Waals surface area contributed by atoms with Crippen LogP contribution >= 0.6 is 11.3 Å². The molecule has 0 saturated heterocycles. The normalized spacial score (nSPS) is 12.7. The highest BCUT2D eigenvalue weighted by Crippen LogP contribution is 2.30. The number of nitrogens with zero attached hydrogens (tertiary/aromatic N) is 1. The highest BCUT2D eigenvalue weighted by Gasteiger charge is 2.19. The summed E-state index contributed by atoms with van der Waals surface area (Å²) in [4.78, 5) is 5.41. The van der Waals surface area contributed by atoms with E-state index in [-0.39, 0.29) is 11.9 Å². The van der Waals surface area contributed by atoms with Crippen LogP contribution in [0.2, 0.25) is 0 Å². The number of hydrazine groups is 1. The molecule has 1 aromatic heterocycles. The zero-order chi connectivity index (χ0) is 13.3. The Labute approximate surface area is 110 Å². The SMILES string of the molecule is Cc1cc(F)cc(C(NN)c2sc(C)nc2C)c1. The molecular weight excluding hydrogens is 249 g/mol. The maximum absolute atomic E-state index is 13.5. The summed E-state index contributed by atoms with van der Waals surface area (Å²) in [5, 5.41) is 0.982. The fourth-order valence-electron chi connectivity index (χ4n) is 2.07. The maximum Gasteiger partial charge on any atom is 0.123 e. The summed E-state index contributed by atoms with van der Waals surface area (Å²) in [5.41, 5.74) is 5.38. The van der Waals surface area contributed by atoms with Crippen molar-refractivity contribution in [3.05, 3.63) is 50.7 Å². The third-order valence-corrected chi connectivity index (χ3v) is 3.90. The molecule has 1 atom stereocenters. The van der Waals surface area contributed by atoms with Gasteiger partial charge in [0, 0.05) is 0 Å². The van der Waals surface area contributed by atoms with E-state index >= 15 is 0 Å². The summed E-state index contributed by atoms with van der Waals surface area (Å²) >= 11 is 1.58. The number of aromatic nitrogens is 1. The lowest BCUT2D eigenvalue weighted by atomic mass is 10.0. The van der Waals surface area contributed by atoms with Crippen molar-refractivity contribution in [2.24, 2.45) is 5.84 Å². The van der Waals surface area contributed by atoms with Crippen LogP contribution in [0.1, 0.15) is 32.7 Å². The van der Waals surface area contributed by atoms with Gasteiger partial charge in [0.1, 0.15) is 5.82 Å². The third kappa shape index (κ3) is 2.58. The van der Waals surface area contributed by atoms with Gasteiger partial charge in [0.15, 0.2) is 0 Å². The first-order valence-corrected chi connectivity index (χ1v) is 6.50. The van der Waals surface area contributed by atoms with Gasteiger partial charge in [0.05, 0.1) is 21.6 Å². The van der Waals surface area contributed by atoms with Gasteiger partial charge in [-0.2, -0.15) is 0 Å². The number of benzene rings is 1. The molecule has 3 N–H and O–H groups in total. The summed E-state index contributed by atoms with van der Waals surface area (Å²) in [6, 6.07) is 4.72. The Hall–Kier alpha value is -1.30. The van der Waals surface area contributed by atoms with E-state index in [0.717, 1.165) is 26.7 Å². The topological polar surface area (TPSA) is 50.9 Å². The van der Waals surface area contributed by atoms with Crippen LogP contribution < -0.4 is 11.3 Å². The van der Waals surface area contributed by atoms with Crippen LogP contribution in [0.4, 0.5) is 4.39 Å². The van der Waals surface area contributed by atoms with Crippen LogP contribution in [0.3, 0.4) is 0 Å². The Morgan fingerprint density at radius 3 is 2.50 bits per heavy atom. The molecular formula is C13H16FN3S. The van der Waals surface area contributed by atoms with Crippen LogP contribution in [-0.2, 0) is 0 Å². The molecule has 0 bridgehead atoms. The van der Waals surface area contributed by atoms with Gasteiger partial charge in [-0.15, -0.1) is 11.3 Å². The summed E-state index contributed by atoms with van der Waals surface area (Å²) in [5.74, 6) is 5.38. The second-order valence-electron chi connectivity index (χ2n) is 4.34. The average molecular weight is 265 g/mol. The lowest BCUT2D eigenvalue weighted by molar-refractivity contribution is 0.606. The van der Waals surface area contributed by atoms with Crippen molar-refractivity contribution in [1.29, 1.82) is 0 Å². The van der Waals surface area contributed by atoms with Crippen LogP contribution in [-0.4, -0.2) is 4.98 Å². The van der Waals surface area contributed by atoms with E-state index in [1.165, 1.54) is 12.1 Å². The molecule has 2 rings (SSSR count). The smallest absolute Gasteiger partial charge is 0.123 e. The van der Waals surface area contributed by atoms with Crippen LogP contribution in [0.25, 0.3) is 0 Å². The number of nitrogens with two attached hydrogens (primary N) is 1. The van der Waals surface area contributed by atoms with Crippen molar-refractivity contribution < 1.29 is 4.39 Å². The molecule has 0 amide bonds. The van der Waals surface area contributed by atoms with E-state index in [1.54, 1.807) is 11.3 Å². The second-order valence-corrected chi connectivity index (χ2v) is 5.58. The van der Waals surface area contributed by atoms with Crippen molar-refractivity contribution in [2.45, 2.75) is 26.8 Å². The second kappa shape index (κ2) is 5.14. The van der Waals surface area contributed by atoms with E-state index in [0.29, 0.717) is 0 Å². The first kappa shape index (κ1) is 13.1. The zero-order valence-electron chi connectivity index (χ0n) is 10.6. The van der Waals surface area contributed by atoms with Crippen LogP contribution in [0.15, 0.2) is 18.2 Å². The minimum atomic E-state index is -0.246. The molecule has 1 unspecified atom stereocenters. The number of aryl methyl sites for hydroxylation is 3. The molecule has 1 aromatic carbocycles. The lowest BCUT2D eigenvalue weighted by Gasteiger charge is -2.16. The first-order valence-electron chi connectivity index (χ1n) is 5.68. The van der Waals surface area contributed by atoms with Gasteiger partial charge in [-0.3, -0.25) is 5.84 Å². The molecule has 0 aliphatic carbocycles. The molecule has 0 spiro atoms. The Morgan fingerprint density at radius 1 is 1.28 bits per heavy atom. The molecule has 0 aliphatic rings. The fourth-order valence-corrected chi connectivity index (χ4v) is 3.09.